The van der Waals surface area contributed by atoms with Crippen LogP contribution in [0.15, 0.2) is 18.2 Å². The maximum Gasteiger partial charge on any atom is 0.315 e. The van der Waals surface area contributed by atoms with Crippen molar-refractivity contribution in [2.45, 2.75) is 6.42 Å². The minimum Gasteiger partial charge on any atom is -0.426 e. The van der Waals surface area contributed by atoms with Gasteiger partial charge in [0.05, 0.1) is 6.42 Å². The van der Waals surface area contributed by atoms with Crippen molar-refractivity contribution in [3.63, 3.8) is 0 Å². The van der Waals surface area contributed by atoms with Gasteiger partial charge < -0.3 is 4.74 Å². The molecule has 1 aliphatic heterocycles. The van der Waals surface area contributed by atoms with Gasteiger partial charge in [-0.3, -0.25) is 4.79 Å². The first-order valence-electron chi connectivity index (χ1n) is 3.25. The lowest BCUT2D eigenvalue weighted by Gasteiger charge is -1.94. The number of carbonyl (C=O) groups excluding carboxylic acids is 1. The zero-order valence-electron chi connectivity index (χ0n) is 5.63. The molecule has 0 bridgehead atoms. The Morgan fingerprint density at radius 2 is 2.27 bits per heavy atom. The number of ether oxygens (including phenoxy) is 1. The van der Waals surface area contributed by atoms with E-state index in [4.69, 9.17) is 16.3 Å². The lowest BCUT2D eigenvalue weighted by molar-refractivity contribution is -0.131. The van der Waals surface area contributed by atoms with Crippen LogP contribution in [0.1, 0.15) is 5.56 Å². The summed E-state index contributed by atoms with van der Waals surface area (Å²) in [5.41, 5.74) is 0.877. The highest BCUT2D eigenvalue weighted by Crippen LogP contribution is 2.28. The van der Waals surface area contributed by atoms with Gasteiger partial charge in [-0.2, -0.15) is 0 Å². The van der Waals surface area contributed by atoms with Gasteiger partial charge in [-0.05, 0) is 18.2 Å². The van der Waals surface area contributed by atoms with E-state index in [1.165, 1.54) is 0 Å². The smallest absolute Gasteiger partial charge is 0.315 e. The van der Waals surface area contributed by atoms with Gasteiger partial charge in [-0.1, -0.05) is 11.6 Å². The van der Waals surface area contributed by atoms with Crippen molar-refractivity contribution < 1.29 is 9.53 Å². The first-order chi connectivity index (χ1) is 5.25. The fraction of sp³-hybridized carbons (Fsp3) is 0.125. The third-order valence-corrected chi connectivity index (χ3v) is 1.82. The Balaban J connectivity index is 2.51. The summed E-state index contributed by atoms with van der Waals surface area (Å²) >= 11 is 5.70. The van der Waals surface area contributed by atoms with Gasteiger partial charge in [-0.15, -0.1) is 0 Å². The number of esters is 1. The number of benzene rings is 1. The fourth-order valence-corrected chi connectivity index (χ4v) is 1.29. The number of hydrogen-bond donors (Lipinski definition) is 0. The molecule has 3 heteroatoms. The molecular formula is C8H5ClO2. The van der Waals surface area contributed by atoms with E-state index in [2.05, 4.69) is 0 Å². The topological polar surface area (TPSA) is 26.3 Å². The highest BCUT2D eigenvalue weighted by molar-refractivity contribution is 6.30. The van der Waals surface area contributed by atoms with Crippen LogP contribution in [0.5, 0.6) is 5.75 Å². The SMILES string of the molecule is O=C1Cc2cc(Cl)ccc2O1. The molecule has 0 atom stereocenters. The molecule has 0 aromatic heterocycles. The number of rotatable bonds is 0. The zero-order chi connectivity index (χ0) is 7.84. The zero-order valence-corrected chi connectivity index (χ0v) is 6.39. The van der Waals surface area contributed by atoms with Crippen LogP contribution >= 0.6 is 11.6 Å². The lowest BCUT2D eigenvalue weighted by Crippen LogP contribution is -1.99. The molecule has 1 aromatic carbocycles. The first-order valence-corrected chi connectivity index (χ1v) is 3.62. The molecule has 1 aromatic rings. The second-order valence-corrected chi connectivity index (χ2v) is 2.84. The maximum absolute atomic E-state index is 10.7. The standard InChI is InChI=1S/C8H5ClO2/c9-6-1-2-7-5(3-6)4-8(10)11-7/h1-3H,4H2. The van der Waals surface area contributed by atoms with Crippen LogP contribution in [0, 0.1) is 0 Å². The average molecular weight is 169 g/mol. The van der Waals surface area contributed by atoms with Gasteiger partial charge in [0.1, 0.15) is 5.75 Å². The Morgan fingerprint density at radius 3 is 3.09 bits per heavy atom. The summed E-state index contributed by atoms with van der Waals surface area (Å²) in [5, 5.41) is 0.641. The predicted octanol–water partition coefficient (Wildman–Crippen LogP) is 1.80. The average Bonchev–Trinajstić information content (AvgIpc) is 2.27. The Bertz CT molecular complexity index is 320. The van der Waals surface area contributed by atoms with Gasteiger partial charge in [-0.25, -0.2) is 0 Å². The fourth-order valence-electron chi connectivity index (χ4n) is 1.10. The maximum atomic E-state index is 10.7. The van der Waals surface area contributed by atoms with Crippen molar-refractivity contribution >= 4 is 17.6 Å². The van der Waals surface area contributed by atoms with E-state index in [1.54, 1.807) is 18.2 Å². The van der Waals surface area contributed by atoms with Crippen LogP contribution in [0.25, 0.3) is 0 Å². The van der Waals surface area contributed by atoms with Gasteiger partial charge >= 0.3 is 5.97 Å². The molecule has 2 nitrogen and oxygen atoms in total. The third-order valence-electron chi connectivity index (χ3n) is 1.58. The molecule has 0 saturated heterocycles. The van der Waals surface area contributed by atoms with Crippen LogP contribution in [0.3, 0.4) is 0 Å². The highest BCUT2D eigenvalue weighted by atomic mass is 35.5. The van der Waals surface area contributed by atoms with Crippen LogP contribution in [0.2, 0.25) is 5.02 Å². The lowest BCUT2D eigenvalue weighted by atomic mass is 10.2. The molecule has 56 valence electrons. The van der Waals surface area contributed by atoms with Crippen molar-refractivity contribution in [2.75, 3.05) is 0 Å². The molecule has 0 aliphatic carbocycles. The second-order valence-electron chi connectivity index (χ2n) is 2.40. The van der Waals surface area contributed by atoms with Crippen molar-refractivity contribution in [3.05, 3.63) is 28.8 Å². The monoisotopic (exact) mass is 168 g/mol. The quantitative estimate of drug-likeness (QED) is 0.436. The molecule has 0 unspecified atom stereocenters. The summed E-state index contributed by atoms with van der Waals surface area (Å²) in [5.74, 6) is 0.432. The Kier molecular flexibility index (Phi) is 1.36. The Labute approximate surface area is 68.7 Å². The van der Waals surface area contributed by atoms with Gasteiger partial charge in [0.25, 0.3) is 0 Å². The number of hydrogen-bond acceptors (Lipinski definition) is 2. The normalized spacial score (nSPS) is 14.5. The summed E-state index contributed by atoms with van der Waals surface area (Å²) in [4.78, 5) is 10.7. The van der Waals surface area contributed by atoms with Crippen molar-refractivity contribution in [3.8, 4) is 5.75 Å². The largest absolute Gasteiger partial charge is 0.426 e. The molecule has 0 fully saturated rings. The molecule has 0 spiro atoms. The van der Waals surface area contributed by atoms with Crippen LogP contribution in [-0.2, 0) is 11.2 Å². The van der Waals surface area contributed by atoms with Gasteiger partial charge in [0, 0.05) is 10.6 Å². The first kappa shape index (κ1) is 6.68. The molecule has 1 aliphatic rings. The van der Waals surface area contributed by atoms with Crippen LogP contribution < -0.4 is 4.74 Å². The number of halogens is 1. The minimum atomic E-state index is -0.206. The van der Waals surface area contributed by atoms with E-state index in [9.17, 15) is 4.79 Å². The Hall–Kier alpha value is -1.02. The summed E-state index contributed by atoms with van der Waals surface area (Å²) < 4.78 is 4.86. The number of carbonyl (C=O) groups is 1. The summed E-state index contributed by atoms with van der Waals surface area (Å²) in [7, 11) is 0. The van der Waals surface area contributed by atoms with E-state index >= 15 is 0 Å². The molecular weight excluding hydrogens is 164 g/mol. The van der Waals surface area contributed by atoms with Crippen molar-refractivity contribution in [2.24, 2.45) is 0 Å². The van der Waals surface area contributed by atoms with Crippen molar-refractivity contribution in [1.29, 1.82) is 0 Å². The summed E-state index contributed by atoms with van der Waals surface area (Å²) in [6.45, 7) is 0. The molecule has 0 saturated carbocycles. The van der Waals surface area contributed by atoms with Crippen molar-refractivity contribution in [1.82, 2.24) is 0 Å². The Morgan fingerprint density at radius 1 is 1.45 bits per heavy atom. The van der Waals surface area contributed by atoms with E-state index in [1.807, 2.05) is 0 Å². The summed E-state index contributed by atoms with van der Waals surface area (Å²) in [6, 6.07) is 5.17. The minimum absolute atomic E-state index is 0.206. The highest BCUT2D eigenvalue weighted by Gasteiger charge is 2.19. The molecule has 0 amide bonds. The molecule has 1 heterocycles. The molecule has 11 heavy (non-hydrogen) atoms. The van der Waals surface area contributed by atoms with Crippen LogP contribution in [-0.4, -0.2) is 5.97 Å². The molecule has 2 rings (SSSR count). The predicted molar refractivity (Wildman–Crippen MR) is 40.8 cm³/mol. The molecule has 0 N–H and O–H groups in total. The van der Waals surface area contributed by atoms with E-state index in [-0.39, 0.29) is 5.97 Å². The van der Waals surface area contributed by atoms with E-state index in [0.717, 1.165) is 5.56 Å². The van der Waals surface area contributed by atoms with Gasteiger partial charge in [0.15, 0.2) is 0 Å². The summed E-state index contributed by atoms with van der Waals surface area (Å²) in [6.07, 6.45) is 0.343. The van der Waals surface area contributed by atoms with E-state index in [0.29, 0.717) is 17.2 Å². The second kappa shape index (κ2) is 2.24. The number of fused-ring (bicyclic) bond motifs is 1. The van der Waals surface area contributed by atoms with Crippen LogP contribution in [0.4, 0.5) is 0 Å². The van der Waals surface area contributed by atoms with E-state index < -0.39 is 0 Å². The third kappa shape index (κ3) is 1.10. The van der Waals surface area contributed by atoms with Gasteiger partial charge in [0.2, 0.25) is 0 Å². The molecule has 0 radical (unpaired) electrons.